The predicted molar refractivity (Wildman–Crippen MR) is 132 cm³/mol. The highest BCUT2D eigenvalue weighted by atomic mass is 35.5. The third kappa shape index (κ3) is 3.46. The molecule has 1 N–H and O–H groups in total. The Balaban J connectivity index is 1.81. The van der Waals surface area contributed by atoms with Gasteiger partial charge in [0.1, 0.15) is 11.5 Å². The minimum Gasteiger partial charge on any atom is -0.480 e. The van der Waals surface area contributed by atoms with E-state index in [1.807, 2.05) is 72.4 Å². The van der Waals surface area contributed by atoms with Crippen LogP contribution in [0.3, 0.4) is 0 Å². The number of methoxy groups -OCH3 is 1. The van der Waals surface area contributed by atoms with Crippen molar-refractivity contribution in [3.63, 3.8) is 0 Å². The summed E-state index contributed by atoms with van der Waals surface area (Å²) in [7, 11) is 3.34. The predicted octanol–water partition coefficient (Wildman–Crippen LogP) is 4.40. The van der Waals surface area contributed by atoms with Crippen LogP contribution in [-0.2, 0) is 12.8 Å². The van der Waals surface area contributed by atoms with E-state index in [4.69, 9.17) is 21.3 Å². The maximum Gasteiger partial charge on any atom is 0.355 e. The van der Waals surface area contributed by atoms with Crippen LogP contribution in [0.2, 0.25) is 5.02 Å². The van der Waals surface area contributed by atoms with Crippen LogP contribution in [0.1, 0.15) is 21.8 Å². The summed E-state index contributed by atoms with van der Waals surface area (Å²) in [4.78, 5) is 5.78. The van der Waals surface area contributed by atoms with Crippen molar-refractivity contribution in [3.05, 3.63) is 87.6 Å². The quantitative estimate of drug-likeness (QED) is 0.368. The molecule has 0 spiro atoms. The van der Waals surface area contributed by atoms with Crippen molar-refractivity contribution in [1.29, 1.82) is 0 Å². The van der Waals surface area contributed by atoms with Gasteiger partial charge in [-0.15, -0.1) is 5.10 Å². The van der Waals surface area contributed by atoms with Gasteiger partial charge in [-0.25, -0.2) is 9.67 Å². The maximum atomic E-state index is 12.3. The average molecular weight is 493 g/mol. The Labute approximate surface area is 206 Å². The van der Waals surface area contributed by atoms with E-state index in [0.717, 1.165) is 16.1 Å². The van der Waals surface area contributed by atoms with E-state index >= 15 is 0 Å². The fraction of sp³-hybridized carbons (Fsp3) is 0.200. The van der Waals surface area contributed by atoms with Crippen molar-refractivity contribution in [1.82, 2.24) is 20.0 Å². The molecule has 3 heterocycles. The first-order chi connectivity index (χ1) is 16.3. The summed E-state index contributed by atoms with van der Waals surface area (Å²) < 4.78 is 9.03. The highest BCUT2D eigenvalue weighted by Gasteiger charge is 2.48. The van der Waals surface area contributed by atoms with Crippen molar-refractivity contribution >= 4 is 34.0 Å². The van der Waals surface area contributed by atoms with Crippen LogP contribution in [0.5, 0.6) is 5.88 Å². The molecule has 0 aliphatic carbocycles. The van der Waals surface area contributed by atoms with Gasteiger partial charge in [0, 0.05) is 25.4 Å². The molecule has 3 aromatic heterocycles. The van der Waals surface area contributed by atoms with Crippen molar-refractivity contribution < 1.29 is 13.8 Å². The van der Waals surface area contributed by atoms with Crippen LogP contribution >= 0.6 is 23.1 Å². The van der Waals surface area contributed by atoms with Gasteiger partial charge in [0.05, 0.1) is 39.9 Å². The molecule has 0 saturated carbocycles. The first kappa shape index (κ1) is 22.5. The smallest absolute Gasteiger partial charge is 0.355 e. The third-order valence-corrected chi connectivity index (χ3v) is 7.41. The van der Waals surface area contributed by atoms with Gasteiger partial charge < -0.3 is 9.84 Å². The second-order valence-corrected chi connectivity index (χ2v) is 9.67. The van der Waals surface area contributed by atoms with Crippen LogP contribution in [0, 0.1) is 13.8 Å². The topological polar surface area (TPSA) is 76.9 Å². The number of hydrogen-bond acceptors (Lipinski definition) is 6. The molecule has 0 aliphatic rings. The standard InChI is InChI=1S/C25H23ClN5O2S/c1-15-12-16(2)34-31(15)25(32,21-14-27-29-30(21)3)18-10-11-20-19(13-18)23(26)22(24(28-20)33-4)17-8-6-5-7-9-17/h5-14,32H,1-4H3/q+1. The van der Waals surface area contributed by atoms with Gasteiger partial charge >= 0.3 is 5.72 Å². The number of benzene rings is 2. The number of pyridine rings is 1. The number of ether oxygens (including phenoxy) is 1. The zero-order valence-corrected chi connectivity index (χ0v) is 20.7. The summed E-state index contributed by atoms with van der Waals surface area (Å²) in [5.74, 6) is 0.446. The summed E-state index contributed by atoms with van der Waals surface area (Å²) in [6.07, 6.45) is 1.58. The SMILES string of the molecule is COc1nc2ccc(C(O)(c3cnnn3C)[n+]3sc(C)cc3C)cc2c(Cl)c1-c1ccccc1. The van der Waals surface area contributed by atoms with E-state index < -0.39 is 5.72 Å². The molecule has 5 aromatic rings. The second kappa shape index (κ2) is 8.47. The molecule has 34 heavy (non-hydrogen) atoms. The van der Waals surface area contributed by atoms with E-state index in [0.29, 0.717) is 38.6 Å². The number of aromatic nitrogens is 5. The fourth-order valence-corrected chi connectivity index (χ4v) is 5.69. The lowest BCUT2D eigenvalue weighted by atomic mass is 9.96. The normalized spacial score (nSPS) is 13.2. The van der Waals surface area contributed by atoms with Crippen LogP contribution < -0.4 is 8.69 Å². The van der Waals surface area contributed by atoms with Gasteiger partial charge in [-0.3, -0.25) is 0 Å². The number of halogens is 1. The summed E-state index contributed by atoms with van der Waals surface area (Å²) >= 11 is 8.45. The van der Waals surface area contributed by atoms with E-state index in [1.165, 1.54) is 11.5 Å². The molecular formula is C25H23ClN5O2S+. The average Bonchev–Trinajstić information content (AvgIpc) is 3.43. The maximum absolute atomic E-state index is 12.3. The Morgan fingerprint density at radius 1 is 1.12 bits per heavy atom. The van der Waals surface area contributed by atoms with Crippen molar-refractivity contribution in [3.8, 4) is 17.0 Å². The van der Waals surface area contributed by atoms with Crippen LogP contribution in [0.4, 0.5) is 0 Å². The molecule has 7 nitrogen and oxygen atoms in total. The third-order valence-electron chi connectivity index (χ3n) is 5.88. The highest BCUT2D eigenvalue weighted by Crippen LogP contribution is 2.41. The minimum atomic E-state index is -1.55. The van der Waals surface area contributed by atoms with Crippen molar-refractivity contribution in [2.45, 2.75) is 19.6 Å². The number of aliphatic hydroxyl groups is 1. The van der Waals surface area contributed by atoms with Gasteiger partial charge in [0.25, 0.3) is 0 Å². The number of fused-ring (bicyclic) bond motifs is 1. The molecule has 0 radical (unpaired) electrons. The van der Waals surface area contributed by atoms with Gasteiger partial charge in [-0.1, -0.05) is 51.1 Å². The van der Waals surface area contributed by atoms with E-state index in [2.05, 4.69) is 10.3 Å². The molecule has 0 aliphatic heterocycles. The summed E-state index contributed by atoms with van der Waals surface area (Å²) in [5, 5.41) is 21.6. The Kier molecular flexibility index (Phi) is 5.59. The summed E-state index contributed by atoms with van der Waals surface area (Å²) in [6.45, 7) is 3.97. The molecule has 2 aromatic carbocycles. The number of rotatable bonds is 5. The van der Waals surface area contributed by atoms with Gasteiger partial charge in [0.15, 0.2) is 11.4 Å². The molecule has 0 fully saturated rings. The van der Waals surface area contributed by atoms with Crippen LogP contribution in [0.15, 0.2) is 60.8 Å². The fourth-order valence-electron chi connectivity index (χ4n) is 4.31. The highest BCUT2D eigenvalue weighted by molar-refractivity contribution is 7.01. The van der Waals surface area contributed by atoms with Gasteiger partial charge in [-0.2, -0.15) is 0 Å². The monoisotopic (exact) mass is 492 g/mol. The van der Waals surface area contributed by atoms with Crippen LogP contribution in [0.25, 0.3) is 22.0 Å². The van der Waals surface area contributed by atoms with Gasteiger partial charge in [-0.05, 0) is 30.7 Å². The molecule has 0 bridgehead atoms. The largest absolute Gasteiger partial charge is 0.480 e. The Hall–Kier alpha value is -3.33. The first-order valence-electron chi connectivity index (χ1n) is 10.6. The Morgan fingerprint density at radius 3 is 2.50 bits per heavy atom. The van der Waals surface area contributed by atoms with Gasteiger partial charge in [0.2, 0.25) is 5.88 Å². The Bertz CT molecular complexity index is 1520. The summed E-state index contributed by atoms with van der Waals surface area (Å²) in [5.41, 5.74) is 2.78. The molecule has 9 heteroatoms. The molecule has 0 amide bonds. The minimum absolute atomic E-state index is 0.446. The molecule has 1 unspecified atom stereocenters. The molecule has 0 saturated heterocycles. The lowest BCUT2D eigenvalue weighted by molar-refractivity contribution is -0.732. The lowest BCUT2D eigenvalue weighted by Crippen LogP contribution is -2.57. The molecule has 5 rings (SSSR count). The Morgan fingerprint density at radius 2 is 1.88 bits per heavy atom. The summed E-state index contributed by atoms with van der Waals surface area (Å²) in [6, 6.07) is 17.4. The second-order valence-electron chi connectivity index (χ2n) is 8.11. The molecule has 1 atom stereocenters. The number of nitrogens with zero attached hydrogens (tertiary/aromatic N) is 5. The van der Waals surface area contributed by atoms with E-state index in [1.54, 1.807) is 25.0 Å². The molecule has 172 valence electrons. The molecular weight excluding hydrogens is 470 g/mol. The van der Waals surface area contributed by atoms with Crippen LogP contribution in [-0.4, -0.2) is 32.2 Å². The van der Waals surface area contributed by atoms with Crippen molar-refractivity contribution in [2.24, 2.45) is 7.05 Å². The number of aryl methyl sites for hydroxylation is 3. The number of hydrogen-bond donors (Lipinski definition) is 1. The zero-order valence-electron chi connectivity index (χ0n) is 19.2. The zero-order chi connectivity index (χ0) is 24.0. The van der Waals surface area contributed by atoms with Crippen molar-refractivity contribution in [2.75, 3.05) is 7.11 Å². The van der Waals surface area contributed by atoms with E-state index in [-0.39, 0.29) is 0 Å². The lowest BCUT2D eigenvalue weighted by Gasteiger charge is -2.22. The van der Waals surface area contributed by atoms with E-state index in [9.17, 15) is 5.11 Å². The first-order valence-corrected chi connectivity index (χ1v) is 11.8.